The van der Waals surface area contributed by atoms with E-state index < -0.39 is 0 Å². The van der Waals surface area contributed by atoms with E-state index in [-0.39, 0.29) is 12.0 Å². The topological polar surface area (TPSA) is 38.3 Å². The van der Waals surface area contributed by atoms with Gasteiger partial charge in [-0.05, 0) is 18.6 Å². The van der Waals surface area contributed by atoms with Crippen molar-refractivity contribution in [2.24, 2.45) is 0 Å². The Labute approximate surface area is 113 Å². The van der Waals surface area contributed by atoms with Gasteiger partial charge in [0, 0.05) is 0 Å². The molecule has 0 spiro atoms. The first kappa shape index (κ1) is 14.8. The Hall–Kier alpha value is -1.22. The molecule has 100 valence electrons. The van der Waals surface area contributed by atoms with Crippen molar-refractivity contribution in [2.45, 2.75) is 38.6 Å². The summed E-state index contributed by atoms with van der Waals surface area (Å²) >= 11 is 6.06. The highest BCUT2D eigenvalue weighted by atomic mass is 35.5. The van der Waals surface area contributed by atoms with Gasteiger partial charge in [0.05, 0.1) is 17.8 Å². The Morgan fingerprint density at radius 2 is 2.11 bits per heavy atom. The van der Waals surface area contributed by atoms with Gasteiger partial charge >= 0.3 is 5.97 Å². The van der Waals surface area contributed by atoms with Crippen molar-refractivity contribution < 1.29 is 9.53 Å². The summed E-state index contributed by atoms with van der Waals surface area (Å²) in [4.78, 5) is 11.7. The van der Waals surface area contributed by atoms with Gasteiger partial charge in [-0.2, -0.15) is 0 Å². The van der Waals surface area contributed by atoms with Gasteiger partial charge in [0.1, 0.15) is 6.04 Å². The predicted octanol–water partition coefficient (Wildman–Crippen LogP) is 3.87. The van der Waals surface area contributed by atoms with E-state index in [0.717, 1.165) is 31.4 Å². The largest absolute Gasteiger partial charge is 0.467 e. The number of hydrogen-bond donors (Lipinski definition) is 1. The average molecular weight is 270 g/mol. The van der Waals surface area contributed by atoms with Gasteiger partial charge in [0.2, 0.25) is 0 Å². The monoisotopic (exact) mass is 269 g/mol. The molecule has 0 aliphatic heterocycles. The lowest BCUT2D eigenvalue weighted by Crippen LogP contribution is -2.30. The van der Waals surface area contributed by atoms with Crippen molar-refractivity contribution in [3.63, 3.8) is 0 Å². The fourth-order valence-corrected chi connectivity index (χ4v) is 1.95. The number of benzene rings is 1. The van der Waals surface area contributed by atoms with Crippen LogP contribution in [0.25, 0.3) is 0 Å². The molecule has 0 amide bonds. The molecule has 1 rings (SSSR count). The van der Waals surface area contributed by atoms with Crippen LogP contribution in [0.5, 0.6) is 0 Å². The summed E-state index contributed by atoms with van der Waals surface area (Å²) in [5.74, 6) is -0.244. The van der Waals surface area contributed by atoms with Gasteiger partial charge in [0.25, 0.3) is 0 Å². The molecule has 0 aromatic heterocycles. The molecule has 0 radical (unpaired) electrons. The Bertz CT molecular complexity index is 382. The second-order valence-corrected chi connectivity index (χ2v) is 4.60. The highest BCUT2D eigenvalue weighted by molar-refractivity contribution is 6.33. The summed E-state index contributed by atoms with van der Waals surface area (Å²) in [6, 6.07) is 7.07. The normalized spacial score (nSPS) is 11.9. The fourth-order valence-electron chi connectivity index (χ4n) is 1.76. The predicted molar refractivity (Wildman–Crippen MR) is 75.0 cm³/mol. The minimum atomic E-state index is -0.332. The molecule has 0 aliphatic carbocycles. The molecule has 1 unspecified atom stereocenters. The molecule has 0 fully saturated rings. The number of methoxy groups -OCH3 is 1. The van der Waals surface area contributed by atoms with Crippen LogP contribution in [0.4, 0.5) is 5.69 Å². The van der Waals surface area contributed by atoms with Crippen LogP contribution >= 0.6 is 11.6 Å². The maximum Gasteiger partial charge on any atom is 0.328 e. The van der Waals surface area contributed by atoms with Crippen LogP contribution in [-0.2, 0) is 9.53 Å². The van der Waals surface area contributed by atoms with E-state index in [1.165, 1.54) is 7.11 Å². The first-order chi connectivity index (χ1) is 8.69. The molecular weight excluding hydrogens is 250 g/mol. The number of carbonyl (C=O) groups excluding carboxylic acids is 1. The van der Waals surface area contributed by atoms with E-state index in [2.05, 4.69) is 12.2 Å². The van der Waals surface area contributed by atoms with Crippen LogP contribution < -0.4 is 5.32 Å². The van der Waals surface area contributed by atoms with Gasteiger partial charge in [0.15, 0.2) is 0 Å². The minimum absolute atomic E-state index is 0.244. The van der Waals surface area contributed by atoms with E-state index in [4.69, 9.17) is 16.3 Å². The molecule has 0 saturated heterocycles. The van der Waals surface area contributed by atoms with Crippen molar-refractivity contribution in [2.75, 3.05) is 12.4 Å². The van der Waals surface area contributed by atoms with E-state index >= 15 is 0 Å². The zero-order valence-electron chi connectivity index (χ0n) is 10.9. The van der Waals surface area contributed by atoms with Crippen molar-refractivity contribution in [3.8, 4) is 0 Å². The van der Waals surface area contributed by atoms with Crippen LogP contribution in [0, 0.1) is 0 Å². The molecule has 18 heavy (non-hydrogen) atoms. The molecule has 1 aromatic carbocycles. The molecule has 1 N–H and O–H groups in total. The highest BCUT2D eigenvalue weighted by Gasteiger charge is 2.19. The van der Waals surface area contributed by atoms with Gasteiger partial charge in [-0.3, -0.25) is 0 Å². The van der Waals surface area contributed by atoms with Gasteiger partial charge in [-0.15, -0.1) is 0 Å². The van der Waals surface area contributed by atoms with Crippen molar-refractivity contribution in [3.05, 3.63) is 29.3 Å². The third-order valence-electron chi connectivity index (χ3n) is 2.79. The van der Waals surface area contributed by atoms with Crippen LogP contribution in [0.3, 0.4) is 0 Å². The Morgan fingerprint density at radius 3 is 2.72 bits per heavy atom. The van der Waals surface area contributed by atoms with E-state index in [9.17, 15) is 4.79 Å². The maximum atomic E-state index is 11.7. The third kappa shape index (κ3) is 4.57. The summed E-state index contributed by atoms with van der Waals surface area (Å²) in [5.41, 5.74) is 0.770. The average Bonchev–Trinajstić information content (AvgIpc) is 2.39. The van der Waals surface area contributed by atoms with Crippen molar-refractivity contribution >= 4 is 23.3 Å². The fraction of sp³-hybridized carbons (Fsp3) is 0.500. The first-order valence-corrected chi connectivity index (χ1v) is 6.65. The van der Waals surface area contributed by atoms with Crippen LogP contribution in [0.15, 0.2) is 24.3 Å². The Balaban J connectivity index is 2.66. The molecule has 0 aliphatic rings. The minimum Gasteiger partial charge on any atom is -0.467 e. The first-order valence-electron chi connectivity index (χ1n) is 6.28. The Kier molecular flexibility index (Phi) is 6.58. The third-order valence-corrected chi connectivity index (χ3v) is 3.12. The molecule has 0 saturated carbocycles. The molecule has 4 heteroatoms. The quantitative estimate of drug-likeness (QED) is 0.603. The second-order valence-electron chi connectivity index (χ2n) is 4.20. The molecule has 1 atom stereocenters. The lowest BCUT2D eigenvalue weighted by atomic mass is 10.1. The molecule has 0 heterocycles. The SMILES string of the molecule is CCCCCC(Nc1ccccc1Cl)C(=O)OC. The number of nitrogens with one attached hydrogen (secondary N) is 1. The summed E-state index contributed by atoms with van der Waals surface area (Å²) in [6.45, 7) is 2.13. The highest BCUT2D eigenvalue weighted by Crippen LogP contribution is 2.22. The second kappa shape index (κ2) is 7.98. The number of para-hydroxylation sites is 1. The molecular formula is C14H20ClNO2. The van der Waals surface area contributed by atoms with Gasteiger partial charge in [-0.1, -0.05) is 49.9 Å². The van der Waals surface area contributed by atoms with Crippen molar-refractivity contribution in [1.82, 2.24) is 0 Å². The number of ether oxygens (including phenoxy) is 1. The van der Waals surface area contributed by atoms with E-state index in [1.54, 1.807) is 6.07 Å². The number of rotatable bonds is 7. The van der Waals surface area contributed by atoms with Crippen molar-refractivity contribution in [1.29, 1.82) is 0 Å². The van der Waals surface area contributed by atoms with Crippen LogP contribution in [0.1, 0.15) is 32.6 Å². The van der Waals surface area contributed by atoms with E-state index in [1.807, 2.05) is 18.2 Å². The Morgan fingerprint density at radius 1 is 1.39 bits per heavy atom. The summed E-state index contributed by atoms with van der Waals surface area (Å²) in [5, 5.41) is 3.76. The number of hydrogen-bond acceptors (Lipinski definition) is 3. The van der Waals surface area contributed by atoms with Gasteiger partial charge in [-0.25, -0.2) is 4.79 Å². The standard InChI is InChI=1S/C14H20ClNO2/c1-3-4-5-10-13(14(17)18-2)16-12-9-7-6-8-11(12)15/h6-9,13,16H,3-5,10H2,1-2H3. The van der Waals surface area contributed by atoms with Crippen LogP contribution in [-0.4, -0.2) is 19.1 Å². The zero-order chi connectivity index (χ0) is 13.4. The number of carbonyl (C=O) groups is 1. The van der Waals surface area contributed by atoms with E-state index in [0.29, 0.717) is 5.02 Å². The lowest BCUT2D eigenvalue weighted by molar-refractivity contribution is -0.141. The number of anilines is 1. The smallest absolute Gasteiger partial charge is 0.328 e. The molecule has 3 nitrogen and oxygen atoms in total. The lowest BCUT2D eigenvalue weighted by Gasteiger charge is -2.18. The zero-order valence-corrected chi connectivity index (χ0v) is 11.7. The number of esters is 1. The summed E-state index contributed by atoms with van der Waals surface area (Å²) < 4.78 is 4.81. The molecule has 0 bridgehead atoms. The summed E-state index contributed by atoms with van der Waals surface area (Å²) in [6.07, 6.45) is 3.98. The molecule has 1 aromatic rings. The van der Waals surface area contributed by atoms with Crippen LogP contribution in [0.2, 0.25) is 5.02 Å². The summed E-state index contributed by atoms with van der Waals surface area (Å²) in [7, 11) is 1.41. The maximum absolute atomic E-state index is 11.7. The number of halogens is 1. The number of unbranched alkanes of at least 4 members (excludes halogenated alkanes) is 2. The van der Waals surface area contributed by atoms with Gasteiger partial charge < -0.3 is 10.1 Å².